The van der Waals surface area contributed by atoms with E-state index in [1.807, 2.05) is 24.9 Å². The second-order valence-corrected chi connectivity index (χ2v) is 5.57. The van der Waals surface area contributed by atoms with Gasteiger partial charge in [-0.3, -0.25) is 4.68 Å². The molecule has 3 heteroatoms. The van der Waals surface area contributed by atoms with Gasteiger partial charge in [0.05, 0.1) is 11.4 Å². The van der Waals surface area contributed by atoms with E-state index in [-0.39, 0.29) is 0 Å². The van der Waals surface area contributed by atoms with Gasteiger partial charge < -0.3 is 5.32 Å². The van der Waals surface area contributed by atoms with Crippen LogP contribution in [0, 0.1) is 12.8 Å². The van der Waals surface area contributed by atoms with Gasteiger partial charge in [-0.15, -0.1) is 0 Å². The largest absolute Gasteiger partial charge is 0.378 e. The standard InChI is InChI=1S/C16H23N3/c1-12(2)9-14-5-7-15(8-6-14)10-17-16-11-19(4)18-13(16)3/h5-8,11-12,17H,9-10H2,1-4H3. The zero-order chi connectivity index (χ0) is 13.8. The maximum Gasteiger partial charge on any atom is 0.0825 e. The normalized spacial score (nSPS) is 11.0. The average Bonchev–Trinajstić information content (AvgIpc) is 2.66. The van der Waals surface area contributed by atoms with Crippen molar-refractivity contribution < 1.29 is 0 Å². The second kappa shape index (κ2) is 5.91. The third kappa shape index (κ3) is 3.85. The Bertz CT molecular complexity index is 523. The Morgan fingerprint density at radius 1 is 1.16 bits per heavy atom. The van der Waals surface area contributed by atoms with Crippen LogP contribution in [0.4, 0.5) is 5.69 Å². The van der Waals surface area contributed by atoms with E-state index in [0.717, 1.165) is 24.3 Å². The highest BCUT2D eigenvalue weighted by molar-refractivity contribution is 5.46. The molecule has 0 saturated carbocycles. The van der Waals surface area contributed by atoms with Crippen LogP contribution in [0.15, 0.2) is 30.5 Å². The van der Waals surface area contributed by atoms with Crippen LogP contribution >= 0.6 is 0 Å². The number of nitrogens with zero attached hydrogens (tertiary/aromatic N) is 2. The van der Waals surface area contributed by atoms with Gasteiger partial charge in [0.15, 0.2) is 0 Å². The molecule has 1 aromatic carbocycles. The highest BCUT2D eigenvalue weighted by Gasteiger charge is 2.02. The van der Waals surface area contributed by atoms with E-state index in [0.29, 0.717) is 5.92 Å². The highest BCUT2D eigenvalue weighted by atomic mass is 15.3. The zero-order valence-electron chi connectivity index (χ0n) is 12.3. The van der Waals surface area contributed by atoms with E-state index in [4.69, 9.17) is 0 Å². The van der Waals surface area contributed by atoms with Crippen molar-refractivity contribution in [3.63, 3.8) is 0 Å². The summed E-state index contributed by atoms with van der Waals surface area (Å²) in [7, 11) is 1.94. The van der Waals surface area contributed by atoms with Crippen LogP contribution in [0.25, 0.3) is 0 Å². The summed E-state index contributed by atoms with van der Waals surface area (Å²) in [5.74, 6) is 0.710. The molecule has 19 heavy (non-hydrogen) atoms. The first-order valence-electron chi connectivity index (χ1n) is 6.86. The van der Waals surface area contributed by atoms with Crippen molar-refractivity contribution in [3.8, 4) is 0 Å². The van der Waals surface area contributed by atoms with Crippen molar-refractivity contribution >= 4 is 5.69 Å². The molecule has 2 rings (SSSR count). The Morgan fingerprint density at radius 3 is 2.32 bits per heavy atom. The molecule has 0 unspecified atom stereocenters. The molecule has 0 aliphatic rings. The van der Waals surface area contributed by atoms with E-state index in [1.54, 1.807) is 0 Å². The van der Waals surface area contributed by atoms with Crippen LogP contribution in [0.2, 0.25) is 0 Å². The summed E-state index contributed by atoms with van der Waals surface area (Å²) in [5.41, 5.74) is 4.86. The molecule has 0 saturated heterocycles. The predicted molar refractivity (Wildman–Crippen MR) is 80.3 cm³/mol. The van der Waals surface area contributed by atoms with Gasteiger partial charge in [0, 0.05) is 19.8 Å². The summed E-state index contributed by atoms with van der Waals surface area (Å²) in [5, 5.41) is 7.75. The summed E-state index contributed by atoms with van der Waals surface area (Å²) in [6.07, 6.45) is 3.16. The monoisotopic (exact) mass is 257 g/mol. The number of benzene rings is 1. The van der Waals surface area contributed by atoms with E-state index in [2.05, 4.69) is 48.5 Å². The number of anilines is 1. The van der Waals surface area contributed by atoms with Crippen molar-refractivity contribution in [2.24, 2.45) is 13.0 Å². The van der Waals surface area contributed by atoms with Gasteiger partial charge in [0.25, 0.3) is 0 Å². The first-order chi connectivity index (χ1) is 9.04. The smallest absolute Gasteiger partial charge is 0.0825 e. The highest BCUT2D eigenvalue weighted by Crippen LogP contribution is 2.14. The molecule has 1 aromatic heterocycles. The van der Waals surface area contributed by atoms with Gasteiger partial charge in [-0.1, -0.05) is 38.1 Å². The minimum absolute atomic E-state index is 0.710. The Hall–Kier alpha value is -1.77. The van der Waals surface area contributed by atoms with Crippen molar-refractivity contribution in [3.05, 3.63) is 47.3 Å². The second-order valence-electron chi connectivity index (χ2n) is 5.57. The first kappa shape index (κ1) is 13.7. The molecule has 1 N–H and O–H groups in total. The molecule has 0 spiro atoms. The lowest BCUT2D eigenvalue weighted by Gasteiger charge is -2.08. The van der Waals surface area contributed by atoms with E-state index in [9.17, 15) is 0 Å². The molecule has 0 amide bonds. The van der Waals surface area contributed by atoms with Crippen LogP contribution in [-0.2, 0) is 20.0 Å². The van der Waals surface area contributed by atoms with Gasteiger partial charge in [-0.25, -0.2) is 0 Å². The predicted octanol–water partition coefficient (Wildman–Crippen LogP) is 3.54. The van der Waals surface area contributed by atoms with Crippen molar-refractivity contribution in [2.75, 3.05) is 5.32 Å². The summed E-state index contributed by atoms with van der Waals surface area (Å²) in [6, 6.07) is 8.87. The van der Waals surface area contributed by atoms with Crippen LogP contribution in [0.1, 0.15) is 30.7 Å². The van der Waals surface area contributed by atoms with Gasteiger partial charge >= 0.3 is 0 Å². The molecule has 0 aliphatic carbocycles. The van der Waals surface area contributed by atoms with Gasteiger partial charge in [-0.2, -0.15) is 5.10 Å². The molecular formula is C16H23N3. The fourth-order valence-electron chi connectivity index (χ4n) is 2.24. The lowest BCUT2D eigenvalue weighted by Crippen LogP contribution is -2.00. The minimum atomic E-state index is 0.710. The Balaban J connectivity index is 1.94. The van der Waals surface area contributed by atoms with Crippen molar-refractivity contribution in [1.29, 1.82) is 0 Å². The lowest BCUT2D eigenvalue weighted by atomic mass is 10.0. The van der Waals surface area contributed by atoms with Crippen LogP contribution in [0.3, 0.4) is 0 Å². The zero-order valence-corrected chi connectivity index (χ0v) is 12.3. The topological polar surface area (TPSA) is 29.9 Å². The number of rotatable bonds is 5. The van der Waals surface area contributed by atoms with Gasteiger partial charge in [0.2, 0.25) is 0 Å². The number of aryl methyl sites for hydroxylation is 2. The van der Waals surface area contributed by atoms with E-state index < -0.39 is 0 Å². The lowest BCUT2D eigenvalue weighted by molar-refractivity contribution is 0.647. The van der Waals surface area contributed by atoms with Crippen molar-refractivity contribution in [2.45, 2.75) is 33.7 Å². The summed E-state index contributed by atoms with van der Waals surface area (Å²) < 4.78 is 1.84. The first-order valence-corrected chi connectivity index (χ1v) is 6.86. The Morgan fingerprint density at radius 2 is 1.79 bits per heavy atom. The number of aromatic nitrogens is 2. The Kier molecular flexibility index (Phi) is 4.25. The van der Waals surface area contributed by atoms with E-state index in [1.165, 1.54) is 11.1 Å². The van der Waals surface area contributed by atoms with E-state index >= 15 is 0 Å². The van der Waals surface area contributed by atoms with Crippen molar-refractivity contribution in [1.82, 2.24) is 9.78 Å². The third-order valence-electron chi connectivity index (χ3n) is 3.16. The maximum atomic E-state index is 4.32. The molecule has 102 valence electrons. The summed E-state index contributed by atoms with van der Waals surface area (Å²) in [4.78, 5) is 0. The maximum absolute atomic E-state index is 4.32. The molecular weight excluding hydrogens is 234 g/mol. The summed E-state index contributed by atoms with van der Waals surface area (Å²) in [6.45, 7) is 7.36. The fourth-order valence-corrected chi connectivity index (χ4v) is 2.24. The molecule has 0 atom stereocenters. The van der Waals surface area contributed by atoms with Gasteiger partial charge in [-0.05, 0) is 30.4 Å². The van der Waals surface area contributed by atoms with Crippen LogP contribution in [-0.4, -0.2) is 9.78 Å². The molecule has 0 aliphatic heterocycles. The van der Waals surface area contributed by atoms with Crippen LogP contribution in [0.5, 0.6) is 0 Å². The molecule has 0 bridgehead atoms. The average molecular weight is 257 g/mol. The number of nitrogens with one attached hydrogen (secondary N) is 1. The summed E-state index contributed by atoms with van der Waals surface area (Å²) >= 11 is 0. The van der Waals surface area contributed by atoms with Gasteiger partial charge in [0.1, 0.15) is 0 Å². The molecule has 2 aromatic rings. The number of hydrogen-bond acceptors (Lipinski definition) is 2. The third-order valence-corrected chi connectivity index (χ3v) is 3.16. The minimum Gasteiger partial charge on any atom is -0.378 e. The SMILES string of the molecule is Cc1nn(C)cc1NCc1ccc(CC(C)C)cc1. The molecule has 1 heterocycles. The fraction of sp³-hybridized carbons (Fsp3) is 0.438. The Labute approximate surface area is 115 Å². The molecule has 3 nitrogen and oxygen atoms in total. The van der Waals surface area contributed by atoms with Crippen LogP contribution < -0.4 is 5.32 Å². The quantitative estimate of drug-likeness (QED) is 0.888. The molecule has 0 radical (unpaired) electrons. The molecule has 0 fully saturated rings. The number of hydrogen-bond donors (Lipinski definition) is 1.